The van der Waals surface area contributed by atoms with Crippen molar-refractivity contribution in [2.45, 2.75) is 51.1 Å². The van der Waals surface area contributed by atoms with Crippen LogP contribution in [-0.4, -0.2) is 37.6 Å². The second-order valence-electron chi connectivity index (χ2n) is 4.44. The molecule has 1 aliphatic rings. The lowest BCUT2D eigenvalue weighted by molar-refractivity contribution is -0.143. The van der Waals surface area contributed by atoms with E-state index in [9.17, 15) is 9.59 Å². The molecule has 1 unspecified atom stereocenters. The van der Waals surface area contributed by atoms with Gasteiger partial charge in [0, 0.05) is 6.04 Å². The van der Waals surface area contributed by atoms with Crippen LogP contribution in [0.5, 0.6) is 0 Å². The highest BCUT2D eigenvalue weighted by atomic mass is 16.5. The van der Waals surface area contributed by atoms with E-state index in [2.05, 4.69) is 17.6 Å². The molecular weight excluding hydrogens is 220 g/mol. The van der Waals surface area contributed by atoms with Crippen molar-refractivity contribution >= 4 is 11.9 Å². The minimum atomic E-state index is -0.370. The van der Waals surface area contributed by atoms with Gasteiger partial charge < -0.3 is 10.1 Å². The molecule has 2 N–H and O–H groups in total. The van der Waals surface area contributed by atoms with Crippen molar-refractivity contribution in [1.29, 1.82) is 0 Å². The van der Waals surface area contributed by atoms with Crippen LogP contribution in [-0.2, 0) is 14.3 Å². The SMILES string of the molecule is CCCCC(NCC(=O)NC1CC1)C(=O)OC. The fourth-order valence-electron chi connectivity index (χ4n) is 1.58. The van der Waals surface area contributed by atoms with Crippen LogP contribution in [0.2, 0.25) is 0 Å². The van der Waals surface area contributed by atoms with Crippen molar-refractivity contribution in [2.75, 3.05) is 13.7 Å². The number of amides is 1. The Morgan fingerprint density at radius 3 is 2.65 bits per heavy atom. The minimum absolute atomic E-state index is 0.0436. The third kappa shape index (κ3) is 5.68. The summed E-state index contributed by atoms with van der Waals surface area (Å²) in [5, 5.41) is 5.82. The highest BCUT2D eigenvalue weighted by Crippen LogP contribution is 2.18. The van der Waals surface area contributed by atoms with Crippen LogP contribution in [0.15, 0.2) is 0 Å². The van der Waals surface area contributed by atoms with Gasteiger partial charge in [-0.1, -0.05) is 19.8 Å². The number of methoxy groups -OCH3 is 1. The molecule has 0 aromatic carbocycles. The van der Waals surface area contributed by atoms with Gasteiger partial charge in [-0.25, -0.2) is 0 Å². The van der Waals surface area contributed by atoms with E-state index >= 15 is 0 Å². The molecule has 1 fully saturated rings. The Balaban J connectivity index is 2.25. The molecule has 0 spiro atoms. The summed E-state index contributed by atoms with van der Waals surface area (Å²) in [6, 6.07) is -0.0126. The van der Waals surface area contributed by atoms with E-state index in [4.69, 9.17) is 4.74 Å². The second kappa shape index (κ2) is 7.27. The van der Waals surface area contributed by atoms with Gasteiger partial charge in [0.2, 0.25) is 5.91 Å². The quantitative estimate of drug-likeness (QED) is 0.611. The van der Waals surface area contributed by atoms with Gasteiger partial charge in [-0.2, -0.15) is 0 Å². The number of unbranched alkanes of at least 4 members (excludes halogenated alkanes) is 1. The molecule has 98 valence electrons. The average Bonchev–Trinajstić information content (AvgIpc) is 3.12. The first-order chi connectivity index (χ1) is 8.17. The van der Waals surface area contributed by atoms with E-state index in [1.54, 1.807) is 0 Å². The Hall–Kier alpha value is -1.10. The van der Waals surface area contributed by atoms with Gasteiger partial charge in [0.25, 0.3) is 0 Å². The summed E-state index contributed by atoms with van der Waals surface area (Å²) in [6.07, 6.45) is 4.81. The first kappa shape index (κ1) is 14.0. The summed E-state index contributed by atoms with van der Waals surface area (Å²) in [5.74, 6) is -0.337. The standard InChI is InChI=1S/C12H22N2O3/c1-3-4-5-10(12(16)17-2)13-8-11(15)14-9-6-7-9/h9-10,13H,3-8H2,1-2H3,(H,14,15). The third-order valence-electron chi connectivity index (χ3n) is 2.78. The molecule has 0 radical (unpaired) electrons. The van der Waals surface area contributed by atoms with E-state index < -0.39 is 0 Å². The summed E-state index contributed by atoms with van der Waals surface area (Å²) < 4.78 is 4.70. The van der Waals surface area contributed by atoms with Crippen LogP contribution in [0.25, 0.3) is 0 Å². The number of rotatable bonds is 8. The predicted molar refractivity (Wildman–Crippen MR) is 64.5 cm³/mol. The highest BCUT2D eigenvalue weighted by Gasteiger charge is 2.24. The Morgan fingerprint density at radius 2 is 2.12 bits per heavy atom. The van der Waals surface area contributed by atoms with Crippen molar-refractivity contribution in [1.82, 2.24) is 10.6 Å². The number of hydrogen-bond acceptors (Lipinski definition) is 4. The van der Waals surface area contributed by atoms with Crippen LogP contribution in [0.3, 0.4) is 0 Å². The molecule has 0 aromatic heterocycles. The zero-order valence-corrected chi connectivity index (χ0v) is 10.6. The molecule has 1 rings (SSSR count). The minimum Gasteiger partial charge on any atom is -0.468 e. The average molecular weight is 242 g/mol. The molecule has 1 amide bonds. The fraction of sp³-hybridized carbons (Fsp3) is 0.833. The lowest BCUT2D eigenvalue weighted by Gasteiger charge is -2.15. The smallest absolute Gasteiger partial charge is 0.322 e. The Kier molecular flexibility index (Phi) is 5.97. The van der Waals surface area contributed by atoms with Crippen molar-refractivity contribution < 1.29 is 14.3 Å². The van der Waals surface area contributed by atoms with E-state index in [0.29, 0.717) is 12.5 Å². The van der Waals surface area contributed by atoms with Gasteiger partial charge in [0.1, 0.15) is 6.04 Å². The normalized spacial score (nSPS) is 16.4. The third-order valence-corrected chi connectivity index (χ3v) is 2.78. The maximum Gasteiger partial charge on any atom is 0.322 e. The van der Waals surface area contributed by atoms with Gasteiger partial charge in [-0.05, 0) is 19.3 Å². The summed E-state index contributed by atoms with van der Waals surface area (Å²) >= 11 is 0. The lowest BCUT2D eigenvalue weighted by Crippen LogP contribution is -2.44. The van der Waals surface area contributed by atoms with E-state index in [1.165, 1.54) is 7.11 Å². The summed E-state index contributed by atoms with van der Waals surface area (Å²) in [4.78, 5) is 22.9. The largest absolute Gasteiger partial charge is 0.468 e. The maximum absolute atomic E-state index is 11.5. The zero-order valence-electron chi connectivity index (χ0n) is 10.6. The molecule has 5 nitrogen and oxygen atoms in total. The number of ether oxygens (including phenoxy) is 1. The first-order valence-corrected chi connectivity index (χ1v) is 6.28. The van der Waals surface area contributed by atoms with Crippen molar-refractivity contribution in [3.63, 3.8) is 0 Å². The molecule has 0 heterocycles. The van der Waals surface area contributed by atoms with E-state index in [1.807, 2.05) is 0 Å². The van der Waals surface area contributed by atoms with Crippen molar-refractivity contribution in [3.8, 4) is 0 Å². The summed E-state index contributed by atoms with van der Waals surface area (Å²) in [5.41, 5.74) is 0. The van der Waals surface area contributed by atoms with Gasteiger partial charge in [0.15, 0.2) is 0 Å². The van der Waals surface area contributed by atoms with Crippen LogP contribution in [0, 0.1) is 0 Å². The predicted octanol–water partition coefficient (Wildman–Crippen LogP) is 0.586. The lowest BCUT2D eigenvalue weighted by atomic mass is 10.1. The molecule has 0 aliphatic heterocycles. The molecule has 5 heteroatoms. The van der Waals surface area contributed by atoms with Gasteiger partial charge in [0.05, 0.1) is 13.7 Å². The number of hydrogen-bond donors (Lipinski definition) is 2. The van der Waals surface area contributed by atoms with Gasteiger partial charge in [-0.15, -0.1) is 0 Å². The number of nitrogens with one attached hydrogen (secondary N) is 2. The molecule has 0 aromatic rings. The topological polar surface area (TPSA) is 67.4 Å². The van der Waals surface area contributed by atoms with Crippen LogP contribution in [0.4, 0.5) is 0 Å². The summed E-state index contributed by atoms with van der Waals surface area (Å²) in [7, 11) is 1.37. The molecular formula is C12H22N2O3. The molecule has 1 saturated carbocycles. The fourth-order valence-corrected chi connectivity index (χ4v) is 1.58. The first-order valence-electron chi connectivity index (χ1n) is 6.28. The maximum atomic E-state index is 11.5. The second-order valence-corrected chi connectivity index (χ2v) is 4.44. The Bertz CT molecular complexity index is 264. The van der Waals surface area contributed by atoms with E-state index in [0.717, 1.165) is 25.7 Å². The zero-order chi connectivity index (χ0) is 12.7. The van der Waals surface area contributed by atoms with Crippen LogP contribution < -0.4 is 10.6 Å². The molecule has 0 saturated heterocycles. The molecule has 17 heavy (non-hydrogen) atoms. The number of carbonyl (C=O) groups is 2. The van der Waals surface area contributed by atoms with E-state index in [-0.39, 0.29) is 24.5 Å². The monoisotopic (exact) mass is 242 g/mol. The number of esters is 1. The Morgan fingerprint density at radius 1 is 1.41 bits per heavy atom. The van der Waals surface area contributed by atoms with Gasteiger partial charge >= 0.3 is 5.97 Å². The molecule has 1 aliphatic carbocycles. The Labute approximate surface area is 102 Å². The van der Waals surface area contributed by atoms with Crippen molar-refractivity contribution in [3.05, 3.63) is 0 Å². The van der Waals surface area contributed by atoms with Crippen LogP contribution in [0.1, 0.15) is 39.0 Å². The molecule has 1 atom stereocenters. The highest BCUT2D eigenvalue weighted by molar-refractivity contribution is 5.80. The van der Waals surface area contributed by atoms with Gasteiger partial charge in [-0.3, -0.25) is 14.9 Å². The summed E-state index contributed by atoms with van der Waals surface area (Å²) in [6.45, 7) is 2.24. The van der Waals surface area contributed by atoms with Crippen molar-refractivity contribution in [2.24, 2.45) is 0 Å². The number of carbonyl (C=O) groups excluding carboxylic acids is 2. The van der Waals surface area contributed by atoms with Crippen LogP contribution >= 0.6 is 0 Å². The molecule has 0 bridgehead atoms.